The Morgan fingerprint density at radius 1 is 1.44 bits per heavy atom. The number of ketones is 1. The molecule has 1 aromatic carbocycles. The van der Waals surface area contributed by atoms with Crippen molar-refractivity contribution in [1.82, 2.24) is 0 Å². The summed E-state index contributed by atoms with van der Waals surface area (Å²) >= 11 is 0. The molecule has 16 heavy (non-hydrogen) atoms. The lowest BCUT2D eigenvalue weighted by atomic mass is 10.1. The Hall–Kier alpha value is -1.68. The van der Waals surface area contributed by atoms with Gasteiger partial charge in [0.05, 0.1) is 0 Å². The van der Waals surface area contributed by atoms with E-state index in [0.29, 0.717) is 11.3 Å². The molecule has 0 saturated heterocycles. The van der Waals surface area contributed by atoms with E-state index in [1.165, 1.54) is 13.0 Å². The fourth-order valence-corrected chi connectivity index (χ4v) is 1.12. The average Bonchev–Trinajstić information content (AvgIpc) is 2.27. The summed E-state index contributed by atoms with van der Waals surface area (Å²) in [6.45, 7) is 1.49. The van der Waals surface area contributed by atoms with Crippen LogP contribution in [-0.4, -0.2) is 18.9 Å². The van der Waals surface area contributed by atoms with Gasteiger partial charge in [-0.05, 0) is 37.3 Å². The highest BCUT2D eigenvalue weighted by atomic mass is 19.1. The van der Waals surface area contributed by atoms with E-state index in [0.717, 1.165) is 0 Å². The molecule has 3 nitrogen and oxygen atoms in total. The van der Waals surface area contributed by atoms with Crippen LogP contribution in [0.25, 0.3) is 0 Å². The summed E-state index contributed by atoms with van der Waals surface area (Å²) in [5, 5.41) is 0. The van der Waals surface area contributed by atoms with Crippen LogP contribution in [-0.2, 0) is 0 Å². The molecule has 86 valence electrons. The molecule has 1 rings (SSSR count). The van der Waals surface area contributed by atoms with Crippen LogP contribution in [0.2, 0.25) is 0 Å². The van der Waals surface area contributed by atoms with Crippen LogP contribution in [0, 0.1) is 0 Å². The fourth-order valence-electron chi connectivity index (χ4n) is 1.12. The van der Waals surface area contributed by atoms with Gasteiger partial charge in [-0.1, -0.05) is 0 Å². The first-order chi connectivity index (χ1) is 7.63. The molecule has 0 fully saturated rings. The van der Waals surface area contributed by atoms with E-state index < -0.39 is 5.83 Å². The molecule has 0 unspecified atom stereocenters. The second kappa shape index (κ2) is 6.02. The van der Waals surface area contributed by atoms with Crippen molar-refractivity contribution in [1.29, 1.82) is 0 Å². The van der Waals surface area contributed by atoms with E-state index in [9.17, 15) is 9.18 Å². The number of nitrogens with two attached hydrogens (primary N) is 1. The molecule has 0 spiro atoms. The zero-order chi connectivity index (χ0) is 12.0. The van der Waals surface area contributed by atoms with Crippen LogP contribution in [0.3, 0.4) is 0 Å². The number of carbonyl (C=O) groups excluding carboxylic acids is 1. The standard InChI is InChI=1S/C12H14FNO2/c1-9(15)10-2-4-12(5-3-10)16-8-11(13)6-7-14/h2-6H,7-8,14H2,1H3/b11-6+. The number of hydrogen-bond acceptors (Lipinski definition) is 3. The molecule has 0 heterocycles. The smallest absolute Gasteiger partial charge is 0.159 e. The van der Waals surface area contributed by atoms with Gasteiger partial charge in [-0.2, -0.15) is 0 Å². The summed E-state index contributed by atoms with van der Waals surface area (Å²) in [5.74, 6) is 0.101. The number of rotatable bonds is 5. The van der Waals surface area contributed by atoms with Crippen molar-refractivity contribution in [3.8, 4) is 5.75 Å². The summed E-state index contributed by atoms with van der Waals surface area (Å²) in [6, 6.07) is 6.54. The molecule has 2 N–H and O–H groups in total. The highest BCUT2D eigenvalue weighted by molar-refractivity contribution is 5.94. The van der Waals surface area contributed by atoms with Gasteiger partial charge in [0.2, 0.25) is 0 Å². The summed E-state index contributed by atoms with van der Waals surface area (Å²) in [5.41, 5.74) is 5.74. The van der Waals surface area contributed by atoms with Gasteiger partial charge in [-0.3, -0.25) is 4.79 Å². The van der Waals surface area contributed by atoms with Gasteiger partial charge < -0.3 is 10.5 Å². The minimum Gasteiger partial charge on any atom is -0.487 e. The molecule has 0 bridgehead atoms. The second-order valence-corrected chi connectivity index (χ2v) is 3.26. The molecule has 0 aliphatic rings. The maximum absolute atomic E-state index is 12.9. The Balaban J connectivity index is 2.56. The molecular weight excluding hydrogens is 209 g/mol. The third-order valence-electron chi connectivity index (χ3n) is 1.98. The van der Waals surface area contributed by atoms with Crippen LogP contribution in [0.4, 0.5) is 4.39 Å². The summed E-state index contributed by atoms with van der Waals surface area (Å²) in [4.78, 5) is 11.0. The lowest BCUT2D eigenvalue weighted by molar-refractivity contribution is 0.101. The first-order valence-electron chi connectivity index (χ1n) is 4.92. The molecule has 0 amide bonds. The van der Waals surface area contributed by atoms with Crippen molar-refractivity contribution in [2.45, 2.75) is 6.92 Å². The van der Waals surface area contributed by atoms with E-state index in [1.807, 2.05) is 0 Å². The minimum atomic E-state index is -0.404. The summed E-state index contributed by atoms with van der Waals surface area (Å²) in [6.07, 6.45) is 1.25. The predicted octanol–water partition coefficient (Wildman–Crippen LogP) is 2.08. The van der Waals surface area contributed by atoms with Gasteiger partial charge in [0.25, 0.3) is 0 Å². The van der Waals surface area contributed by atoms with Gasteiger partial charge in [0, 0.05) is 12.1 Å². The Labute approximate surface area is 93.7 Å². The summed E-state index contributed by atoms with van der Waals surface area (Å²) < 4.78 is 18.0. The van der Waals surface area contributed by atoms with Crippen LogP contribution in [0.15, 0.2) is 36.2 Å². The van der Waals surface area contributed by atoms with Gasteiger partial charge in [-0.15, -0.1) is 0 Å². The predicted molar refractivity (Wildman–Crippen MR) is 60.2 cm³/mol. The van der Waals surface area contributed by atoms with E-state index >= 15 is 0 Å². The topological polar surface area (TPSA) is 52.3 Å². The maximum atomic E-state index is 12.9. The van der Waals surface area contributed by atoms with Crippen molar-refractivity contribution in [3.05, 3.63) is 41.7 Å². The zero-order valence-corrected chi connectivity index (χ0v) is 9.07. The number of Topliss-reactive ketones (excluding diaryl/α,β-unsaturated/α-hetero) is 1. The molecule has 4 heteroatoms. The number of ether oxygens (including phenoxy) is 1. The number of halogens is 1. The fraction of sp³-hybridized carbons (Fsp3) is 0.250. The van der Waals surface area contributed by atoms with Crippen LogP contribution in [0.5, 0.6) is 5.75 Å². The zero-order valence-electron chi connectivity index (χ0n) is 9.07. The second-order valence-electron chi connectivity index (χ2n) is 3.26. The van der Waals surface area contributed by atoms with Crippen molar-refractivity contribution in [2.24, 2.45) is 5.73 Å². The molecule has 0 atom stereocenters. The normalized spacial score (nSPS) is 11.3. The Kier molecular flexibility index (Phi) is 4.66. The van der Waals surface area contributed by atoms with E-state index in [2.05, 4.69) is 0 Å². The van der Waals surface area contributed by atoms with E-state index in [4.69, 9.17) is 10.5 Å². The minimum absolute atomic E-state index is 0.0132. The quantitative estimate of drug-likeness (QED) is 0.777. The van der Waals surface area contributed by atoms with Crippen LogP contribution < -0.4 is 10.5 Å². The molecule has 0 aliphatic carbocycles. The first kappa shape index (κ1) is 12.4. The number of hydrogen-bond donors (Lipinski definition) is 1. The molecule has 0 aromatic heterocycles. The molecule has 1 aromatic rings. The SMILES string of the molecule is CC(=O)c1ccc(OC/C(F)=C\CN)cc1. The first-order valence-corrected chi connectivity index (χ1v) is 4.92. The van der Waals surface area contributed by atoms with Crippen molar-refractivity contribution < 1.29 is 13.9 Å². The monoisotopic (exact) mass is 223 g/mol. The lowest BCUT2D eigenvalue weighted by Gasteiger charge is -2.04. The number of carbonyl (C=O) groups is 1. The largest absolute Gasteiger partial charge is 0.487 e. The Bertz CT molecular complexity index is 385. The maximum Gasteiger partial charge on any atom is 0.159 e. The van der Waals surface area contributed by atoms with E-state index in [-0.39, 0.29) is 18.9 Å². The Morgan fingerprint density at radius 2 is 2.06 bits per heavy atom. The van der Waals surface area contributed by atoms with Crippen LogP contribution >= 0.6 is 0 Å². The summed E-state index contributed by atoms with van der Waals surface area (Å²) in [7, 11) is 0. The van der Waals surface area contributed by atoms with Crippen molar-refractivity contribution in [2.75, 3.05) is 13.2 Å². The van der Waals surface area contributed by atoms with Crippen LogP contribution in [0.1, 0.15) is 17.3 Å². The van der Waals surface area contributed by atoms with Crippen molar-refractivity contribution >= 4 is 5.78 Å². The van der Waals surface area contributed by atoms with Gasteiger partial charge in [-0.25, -0.2) is 4.39 Å². The van der Waals surface area contributed by atoms with Crippen molar-refractivity contribution in [3.63, 3.8) is 0 Å². The third-order valence-corrected chi connectivity index (χ3v) is 1.98. The van der Waals surface area contributed by atoms with Gasteiger partial charge >= 0.3 is 0 Å². The highest BCUT2D eigenvalue weighted by Crippen LogP contribution is 2.13. The van der Waals surface area contributed by atoms with E-state index in [1.54, 1.807) is 24.3 Å². The molecular formula is C12H14FNO2. The number of benzene rings is 1. The lowest BCUT2D eigenvalue weighted by Crippen LogP contribution is -2.01. The van der Waals surface area contributed by atoms with Gasteiger partial charge in [0.15, 0.2) is 5.78 Å². The highest BCUT2D eigenvalue weighted by Gasteiger charge is 2.00. The molecule has 0 aliphatic heterocycles. The average molecular weight is 223 g/mol. The Morgan fingerprint density at radius 3 is 2.56 bits per heavy atom. The molecule has 0 saturated carbocycles. The molecule has 0 radical (unpaired) electrons. The van der Waals surface area contributed by atoms with Gasteiger partial charge in [0.1, 0.15) is 18.2 Å². The third kappa shape index (κ3) is 3.82.